The summed E-state index contributed by atoms with van der Waals surface area (Å²) in [6.45, 7) is 2.57. The average molecular weight is 530 g/mol. The summed E-state index contributed by atoms with van der Waals surface area (Å²) < 4.78 is 21.9. The van der Waals surface area contributed by atoms with Crippen LogP contribution < -0.4 is 19.1 Å². The minimum absolute atomic E-state index is 0.0320. The van der Waals surface area contributed by atoms with Crippen molar-refractivity contribution in [2.75, 3.05) is 26.2 Å². The van der Waals surface area contributed by atoms with Crippen molar-refractivity contribution in [2.24, 2.45) is 0 Å². The first-order valence-corrected chi connectivity index (χ1v) is 12.5. The van der Waals surface area contributed by atoms with Gasteiger partial charge in [-0.15, -0.1) is 0 Å². The molecular weight excluding hydrogens is 498 g/mol. The van der Waals surface area contributed by atoms with Gasteiger partial charge in [-0.25, -0.2) is 4.98 Å². The van der Waals surface area contributed by atoms with Crippen LogP contribution in [0.4, 0.5) is 5.82 Å². The number of oxazole rings is 1. The normalized spacial score (nSPS) is 10.7. The largest absolute Gasteiger partial charge is 0.497 e. The maximum atomic E-state index is 13.3. The van der Waals surface area contributed by atoms with Gasteiger partial charge in [-0.3, -0.25) is 9.59 Å². The van der Waals surface area contributed by atoms with E-state index in [0.717, 1.165) is 22.6 Å². The average Bonchev–Trinajstić information content (AvgIpc) is 3.43. The quantitative estimate of drug-likeness (QED) is 0.163. The Labute approximate surface area is 227 Å². The van der Waals surface area contributed by atoms with Crippen molar-refractivity contribution in [1.29, 1.82) is 0 Å². The van der Waals surface area contributed by atoms with E-state index in [1.54, 1.807) is 39.5 Å². The van der Waals surface area contributed by atoms with Gasteiger partial charge in [-0.2, -0.15) is 4.98 Å². The highest BCUT2D eigenvalue weighted by molar-refractivity contribution is 6.09. The fourth-order valence-corrected chi connectivity index (χ4v) is 3.98. The molecule has 0 N–H and O–H groups in total. The van der Waals surface area contributed by atoms with Gasteiger partial charge in [0.15, 0.2) is 5.82 Å². The minimum Gasteiger partial charge on any atom is -0.497 e. The van der Waals surface area contributed by atoms with Gasteiger partial charge in [-0.05, 0) is 41.5 Å². The first-order valence-electron chi connectivity index (χ1n) is 12.5. The number of carbonyl (C=O) groups excluding carboxylic acids is 2. The van der Waals surface area contributed by atoms with Crippen molar-refractivity contribution >= 4 is 17.4 Å². The van der Waals surface area contributed by atoms with E-state index in [9.17, 15) is 9.59 Å². The third kappa shape index (κ3) is 6.81. The fourth-order valence-electron chi connectivity index (χ4n) is 3.98. The molecule has 4 aromatic rings. The Morgan fingerprint density at radius 1 is 0.846 bits per heavy atom. The molecule has 0 unspecified atom stereocenters. The second-order valence-corrected chi connectivity index (χ2v) is 8.80. The molecule has 4 rings (SSSR count). The molecule has 0 aliphatic rings. The first-order chi connectivity index (χ1) is 18.9. The van der Waals surface area contributed by atoms with Gasteiger partial charge < -0.3 is 23.5 Å². The van der Waals surface area contributed by atoms with Crippen LogP contribution >= 0.6 is 0 Å². The summed E-state index contributed by atoms with van der Waals surface area (Å²) in [7, 11) is 4.75. The lowest BCUT2D eigenvalue weighted by molar-refractivity contribution is -0.117. The molecule has 0 atom stereocenters. The van der Waals surface area contributed by atoms with Crippen LogP contribution in [-0.4, -0.2) is 42.9 Å². The highest BCUT2D eigenvalue weighted by Crippen LogP contribution is 2.32. The molecule has 2 heterocycles. The topological polar surface area (TPSA) is 104 Å². The molecule has 9 nitrogen and oxygen atoms in total. The first kappa shape index (κ1) is 27.4. The van der Waals surface area contributed by atoms with Crippen LogP contribution in [0, 0.1) is 0 Å². The SMILES string of the molecule is CCC(=O)CC(=O)c1oc(-c2ccnc(OC)c2)nc1N(Cc1ccc(OC)cc1)Cc1ccc(OC)cc1. The molecule has 0 saturated carbocycles. The van der Waals surface area contributed by atoms with Gasteiger partial charge in [0.05, 0.1) is 27.8 Å². The monoisotopic (exact) mass is 529 g/mol. The Balaban J connectivity index is 1.79. The number of benzene rings is 2. The number of carbonyl (C=O) groups is 2. The van der Waals surface area contributed by atoms with Crippen LogP contribution in [0.15, 0.2) is 71.3 Å². The van der Waals surface area contributed by atoms with Gasteiger partial charge in [0.2, 0.25) is 23.3 Å². The molecule has 39 heavy (non-hydrogen) atoms. The lowest BCUT2D eigenvalue weighted by atomic mass is 10.1. The lowest BCUT2D eigenvalue weighted by Gasteiger charge is -2.23. The predicted molar refractivity (Wildman–Crippen MR) is 146 cm³/mol. The summed E-state index contributed by atoms with van der Waals surface area (Å²) in [6, 6.07) is 18.7. The highest BCUT2D eigenvalue weighted by atomic mass is 16.5. The van der Waals surface area contributed by atoms with Crippen LogP contribution in [0.2, 0.25) is 0 Å². The summed E-state index contributed by atoms with van der Waals surface area (Å²) in [4.78, 5) is 36.4. The maximum absolute atomic E-state index is 13.3. The Morgan fingerprint density at radius 2 is 1.44 bits per heavy atom. The number of aromatic nitrogens is 2. The van der Waals surface area contributed by atoms with Crippen molar-refractivity contribution in [2.45, 2.75) is 32.9 Å². The fraction of sp³-hybridized carbons (Fsp3) is 0.267. The minimum atomic E-state index is -0.425. The van der Waals surface area contributed by atoms with Crippen molar-refractivity contribution < 1.29 is 28.2 Å². The molecule has 0 fully saturated rings. The second-order valence-electron chi connectivity index (χ2n) is 8.80. The number of pyridine rings is 1. The van der Waals surface area contributed by atoms with Crippen molar-refractivity contribution in [3.63, 3.8) is 0 Å². The molecule has 202 valence electrons. The molecule has 9 heteroatoms. The molecule has 0 radical (unpaired) electrons. The van der Waals surface area contributed by atoms with E-state index >= 15 is 0 Å². The van der Waals surface area contributed by atoms with Gasteiger partial charge >= 0.3 is 0 Å². The zero-order valence-corrected chi connectivity index (χ0v) is 22.5. The molecule has 0 bridgehead atoms. The van der Waals surface area contributed by atoms with Crippen molar-refractivity contribution in [3.8, 4) is 28.8 Å². The Kier molecular flexibility index (Phi) is 8.94. The number of nitrogens with zero attached hydrogens (tertiary/aromatic N) is 3. The van der Waals surface area contributed by atoms with E-state index in [2.05, 4.69) is 4.98 Å². The maximum Gasteiger partial charge on any atom is 0.229 e. The summed E-state index contributed by atoms with van der Waals surface area (Å²) >= 11 is 0. The summed E-state index contributed by atoms with van der Waals surface area (Å²) in [5.74, 6) is 1.87. The van der Waals surface area contributed by atoms with Gasteiger partial charge in [0.25, 0.3) is 0 Å². The number of methoxy groups -OCH3 is 3. The molecule has 2 aromatic carbocycles. The van der Waals surface area contributed by atoms with E-state index in [0.29, 0.717) is 30.4 Å². The van der Waals surface area contributed by atoms with E-state index in [1.807, 2.05) is 53.4 Å². The predicted octanol–water partition coefficient (Wildman–Crippen LogP) is 5.52. The third-order valence-corrected chi connectivity index (χ3v) is 6.17. The molecular formula is C30H31N3O6. The molecule has 0 saturated heterocycles. The Bertz CT molecular complexity index is 1360. The van der Waals surface area contributed by atoms with Crippen LogP contribution in [0.1, 0.15) is 41.4 Å². The van der Waals surface area contributed by atoms with Crippen molar-refractivity contribution in [3.05, 3.63) is 83.7 Å². The number of Topliss-reactive ketones (excluding diaryl/α,β-unsaturated/α-hetero) is 2. The molecule has 0 aliphatic carbocycles. The van der Waals surface area contributed by atoms with Crippen LogP contribution in [0.25, 0.3) is 11.5 Å². The number of anilines is 1. The standard InChI is InChI=1S/C30H31N3O6/c1-5-23(34)17-26(35)28-29(32-30(39-28)22-14-15-31-27(16-22)38-4)33(18-20-6-10-24(36-2)11-7-20)19-21-8-12-25(37-3)13-9-21/h6-16H,5,17-19H2,1-4H3. The number of rotatable bonds is 13. The molecule has 0 aliphatic heterocycles. The summed E-state index contributed by atoms with van der Waals surface area (Å²) in [5.41, 5.74) is 2.54. The summed E-state index contributed by atoms with van der Waals surface area (Å²) in [6.07, 6.45) is 1.56. The molecule has 0 amide bonds. The number of ketones is 2. The van der Waals surface area contributed by atoms with Gasteiger partial charge in [-0.1, -0.05) is 31.2 Å². The zero-order valence-electron chi connectivity index (χ0n) is 22.5. The Morgan fingerprint density at radius 3 is 1.95 bits per heavy atom. The van der Waals surface area contributed by atoms with E-state index in [1.165, 1.54) is 7.11 Å². The van der Waals surface area contributed by atoms with E-state index in [4.69, 9.17) is 23.6 Å². The molecule has 0 spiro atoms. The van der Waals surface area contributed by atoms with Crippen LogP contribution in [0.3, 0.4) is 0 Å². The highest BCUT2D eigenvalue weighted by Gasteiger charge is 2.27. The van der Waals surface area contributed by atoms with E-state index < -0.39 is 5.78 Å². The van der Waals surface area contributed by atoms with Gasteiger partial charge in [0.1, 0.15) is 17.3 Å². The number of hydrogen-bond acceptors (Lipinski definition) is 9. The summed E-state index contributed by atoms with van der Waals surface area (Å²) in [5, 5.41) is 0. The zero-order chi connectivity index (χ0) is 27.8. The third-order valence-electron chi connectivity index (χ3n) is 6.17. The second kappa shape index (κ2) is 12.7. The van der Waals surface area contributed by atoms with Crippen molar-refractivity contribution in [1.82, 2.24) is 9.97 Å². The number of hydrogen-bond donors (Lipinski definition) is 0. The number of ether oxygens (including phenoxy) is 3. The van der Waals surface area contributed by atoms with E-state index in [-0.39, 0.29) is 30.3 Å². The smallest absolute Gasteiger partial charge is 0.229 e. The van der Waals surface area contributed by atoms with Gasteiger partial charge in [0, 0.05) is 37.3 Å². The van der Waals surface area contributed by atoms with Crippen LogP contribution in [0.5, 0.6) is 17.4 Å². The Hall–Kier alpha value is -4.66. The van der Waals surface area contributed by atoms with Crippen LogP contribution in [-0.2, 0) is 17.9 Å². The molecule has 2 aromatic heterocycles. The lowest BCUT2D eigenvalue weighted by Crippen LogP contribution is -2.24.